The molecule has 4 aromatic rings. The Labute approximate surface area is 185 Å². The van der Waals surface area contributed by atoms with Gasteiger partial charge in [0.25, 0.3) is 11.5 Å². The average molecular weight is 429 g/mol. The monoisotopic (exact) mass is 429 g/mol. The van der Waals surface area contributed by atoms with E-state index in [1.807, 2.05) is 67.6 Å². The number of ether oxygens (including phenoxy) is 1. The van der Waals surface area contributed by atoms with E-state index in [-0.39, 0.29) is 36.9 Å². The van der Waals surface area contributed by atoms with Gasteiger partial charge >= 0.3 is 0 Å². The Kier molecular flexibility index (Phi) is 6.46. The van der Waals surface area contributed by atoms with E-state index in [0.717, 1.165) is 5.56 Å². The lowest BCUT2D eigenvalue weighted by Crippen LogP contribution is -2.34. The fraction of sp³-hybridized carbons (Fsp3) is 0.160. The molecular weight excluding hydrogens is 406 g/mol. The minimum Gasteiger partial charge on any atom is -0.492 e. The van der Waals surface area contributed by atoms with Crippen LogP contribution in [-0.4, -0.2) is 22.3 Å². The molecule has 0 atom stereocenters. The Bertz CT molecular complexity index is 1220. The topological polar surface area (TPSA) is 77.6 Å². The van der Waals surface area contributed by atoms with Crippen molar-refractivity contribution in [1.82, 2.24) is 9.78 Å². The number of hydrogen-bond donors (Lipinski definition) is 0. The van der Waals surface area contributed by atoms with Crippen molar-refractivity contribution in [3.05, 3.63) is 112 Å². The van der Waals surface area contributed by atoms with E-state index in [1.165, 1.54) is 16.8 Å². The minimum atomic E-state index is -0.331. The van der Waals surface area contributed by atoms with Crippen LogP contribution >= 0.6 is 0 Å². The molecule has 2 aromatic heterocycles. The van der Waals surface area contributed by atoms with Crippen LogP contribution in [0.25, 0.3) is 0 Å². The molecule has 0 fully saturated rings. The van der Waals surface area contributed by atoms with E-state index in [1.54, 1.807) is 17.2 Å². The molecule has 2 heterocycles. The Morgan fingerprint density at radius 1 is 1.00 bits per heavy atom. The van der Waals surface area contributed by atoms with E-state index in [4.69, 9.17) is 9.15 Å². The summed E-state index contributed by atoms with van der Waals surface area (Å²) in [5.74, 6) is 1.02. The summed E-state index contributed by atoms with van der Waals surface area (Å²) in [5.41, 5.74) is 1.66. The quantitative estimate of drug-likeness (QED) is 0.422. The summed E-state index contributed by atoms with van der Waals surface area (Å²) in [4.78, 5) is 27.2. The summed E-state index contributed by atoms with van der Waals surface area (Å²) in [6.07, 6.45) is 1.57. The number of carbonyl (C=O) groups excluding carboxylic acids is 1. The number of amides is 1. The average Bonchev–Trinajstić information content (AvgIpc) is 3.33. The number of para-hydroxylation sites is 1. The number of furan rings is 1. The van der Waals surface area contributed by atoms with E-state index < -0.39 is 0 Å². The third-order valence-corrected chi connectivity index (χ3v) is 4.89. The van der Waals surface area contributed by atoms with E-state index in [0.29, 0.717) is 17.2 Å². The highest BCUT2D eigenvalue weighted by Gasteiger charge is 2.21. The molecule has 2 aromatic carbocycles. The number of aromatic nitrogens is 2. The lowest BCUT2D eigenvalue weighted by molar-refractivity contribution is 0.0975. The molecule has 162 valence electrons. The molecule has 0 saturated carbocycles. The standard InChI is InChI=1S/C25H23N3O4/c1-19-9-11-20(12-10-19)27(18-22-8-5-16-31-22)25(30)23-13-14-24(29)28(26-23)15-17-32-21-6-3-2-4-7-21/h2-14,16H,15,17-18H2,1H3. The number of anilines is 1. The number of hydrogen-bond acceptors (Lipinski definition) is 5. The van der Waals surface area contributed by atoms with E-state index >= 15 is 0 Å². The van der Waals surface area contributed by atoms with Crippen molar-refractivity contribution in [2.75, 3.05) is 11.5 Å². The second-order valence-corrected chi connectivity index (χ2v) is 7.25. The largest absolute Gasteiger partial charge is 0.492 e. The maximum absolute atomic E-state index is 13.4. The minimum absolute atomic E-state index is 0.163. The molecule has 0 N–H and O–H groups in total. The zero-order chi connectivity index (χ0) is 22.3. The van der Waals surface area contributed by atoms with Gasteiger partial charge in [-0.3, -0.25) is 14.5 Å². The van der Waals surface area contributed by atoms with Crippen LogP contribution in [0.2, 0.25) is 0 Å². The van der Waals surface area contributed by atoms with Crippen LogP contribution in [0.15, 0.2) is 94.3 Å². The molecule has 32 heavy (non-hydrogen) atoms. The SMILES string of the molecule is Cc1ccc(N(Cc2ccco2)C(=O)c2ccc(=O)n(CCOc3ccccc3)n2)cc1. The number of rotatable bonds is 8. The van der Waals surface area contributed by atoms with Crippen molar-refractivity contribution < 1.29 is 13.9 Å². The van der Waals surface area contributed by atoms with Gasteiger partial charge in [0.1, 0.15) is 23.8 Å². The molecule has 0 spiro atoms. The van der Waals surface area contributed by atoms with Gasteiger partial charge in [-0.15, -0.1) is 0 Å². The Balaban J connectivity index is 1.55. The fourth-order valence-electron chi connectivity index (χ4n) is 3.19. The zero-order valence-corrected chi connectivity index (χ0v) is 17.7. The molecule has 0 aliphatic carbocycles. The zero-order valence-electron chi connectivity index (χ0n) is 17.7. The number of carbonyl (C=O) groups is 1. The Morgan fingerprint density at radius 3 is 2.50 bits per heavy atom. The number of benzene rings is 2. The normalized spacial score (nSPS) is 10.7. The van der Waals surface area contributed by atoms with Gasteiger partial charge in [0, 0.05) is 11.8 Å². The first kappa shape index (κ1) is 21.1. The predicted octanol–water partition coefficient (Wildman–Crippen LogP) is 4.07. The highest BCUT2D eigenvalue weighted by Crippen LogP contribution is 2.20. The second kappa shape index (κ2) is 9.78. The predicted molar refractivity (Wildman–Crippen MR) is 121 cm³/mol. The third-order valence-electron chi connectivity index (χ3n) is 4.89. The van der Waals surface area contributed by atoms with Gasteiger partial charge in [-0.2, -0.15) is 5.10 Å². The van der Waals surface area contributed by atoms with Crippen molar-refractivity contribution >= 4 is 11.6 Å². The van der Waals surface area contributed by atoms with Crippen LogP contribution in [0.4, 0.5) is 5.69 Å². The van der Waals surface area contributed by atoms with Crippen LogP contribution in [0.3, 0.4) is 0 Å². The summed E-state index contributed by atoms with van der Waals surface area (Å²) in [7, 11) is 0. The third kappa shape index (κ3) is 5.13. The maximum atomic E-state index is 13.4. The summed E-state index contributed by atoms with van der Waals surface area (Å²) in [5, 5.41) is 4.30. The van der Waals surface area contributed by atoms with Gasteiger partial charge < -0.3 is 9.15 Å². The highest BCUT2D eigenvalue weighted by atomic mass is 16.5. The summed E-state index contributed by atoms with van der Waals surface area (Å²) in [6.45, 7) is 2.70. The van der Waals surface area contributed by atoms with Gasteiger partial charge in [-0.25, -0.2) is 4.68 Å². The Hall–Kier alpha value is -4.13. The first-order chi connectivity index (χ1) is 15.6. The van der Waals surface area contributed by atoms with Crippen LogP contribution in [-0.2, 0) is 13.1 Å². The molecule has 4 rings (SSSR count). The lowest BCUT2D eigenvalue weighted by atomic mass is 10.2. The Morgan fingerprint density at radius 2 is 1.78 bits per heavy atom. The van der Waals surface area contributed by atoms with Gasteiger partial charge in [0.15, 0.2) is 0 Å². The summed E-state index contributed by atoms with van der Waals surface area (Å²) in [6, 6.07) is 23.3. The maximum Gasteiger partial charge on any atom is 0.279 e. The van der Waals surface area contributed by atoms with Gasteiger partial charge in [-0.1, -0.05) is 35.9 Å². The van der Waals surface area contributed by atoms with Crippen LogP contribution < -0.4 is 15.2 Å². The van der Waals surface area contributed by atoms with Crippen molar-refractivity contribution in [3.8, 4) is 5.75 Å². The van der Waals surface area contributed by atoms with Crippen molar-refractivity contribution in [1.29, 1.82) is 0 Å². The molecule has 7 nitrogen and oxygen atoms in total. The molecule has 0 radical (unpaired) electrons. The van der Waals surface area contributed by atoms with Crippen molar-refractivity contribution in [3.63, 3.8) is 0 Å². The van der Waals surface area contributed by atoms with Crippen LogP contribution in [0.1, 0.15) is 21.8 Å². The number of aryl methyl sites for hydroxylation is 1. The van der Waals surface area contributed by atoms with Crippen molar-refractivity contribution in [2.24, 2.45) is 0 Å². The summed E-state index contributed by atoms with van der Waals surface area (Å²) >= 11 is 0. The molecule has 0 aliphatic heterocycles. The molecular formula is C25H23N3O4. The molecule has 0 bridgehead atoms. The number of nitrogens with zero attached hydrogens (tertiary/aromatic N) is 3. The summed E-state index contributed by atoms with van der Waals surface area (Å²) < 4.78 is 12.3. The van der Waals surface area contributed by atoms with Crippen LogP contribution in [0.5, 0.6) is 5.75 Å². The second-order valence-electron chi connectivity index (χ2n) is 7.25. The smallest absolute Gasteiger partial charge is 0.279 e. The molecule has 7 heteroatoms. The first-order valence-electron chi connectivity index (χ1n) is 10.3. The first-order valence-corrected chi connectivity index (χ1v) is 10.3. The lowest BCUT2D eigenvalue weighted by Gasteiger charge is -2.22. The molecule has 0 unspecified atom stereocenters. The van der Waals surface area contributed by atoms with E-state index in [2.05, 4.69) is 5.10 Å². The van der Waals surface area contributed by atoms with E-state index in [9.17, 15) is 9.59 Å². The van der Waals surface area contributed by atoms with Crippen LogP contribution in [0, 0.1) is 6.92 Å². The van der Waals surface area contributed by atoms with Gasteiger partial charge in [0.2, 0.25) is 0 Å². The van der Waals surface area contributed by atoms with Gasteiger partial charge in [0.05, 0.1) is 19.4 Å². The fourth-order valence-corrected chi connectivity index (χ4v) is 3.19. The van der Waals surface area contributed by atoms with Crippen molar-refractivity contribution in [2.45, 2.75) is 20.0 Å². The highest BCUT2D eigenvalue weighted by molar-refractivity contribution is 6.04. The molecule has 0 saturated heterocycles. The molecule has 1 amide bonds. The van der Waals surface area contributed by atoms with Gasteiger partial charge in [-0.05, 0) is 49.4 Å². The molecule has 0 aliphatic rings.